The summed E-state index contributed by atoms with van der Waals surface area (Å²) >= 11 is 2.87. The fraction of sp³-hybridized carbons (Fsp3) is 0.625. The van der Waals surface area contributed by atoms with Gasteiger partial charge >= 0.3 is 5.97 Å². The molecular weight excluding hydrogens is 236 g/mol. The van der Waals surface area contributed by atoms with Crippen LogP contribution >= 0.6 is 23.5 Å². The van der Waals surface area contributed by atoms with Gasteiger partial charge in [-0.2, -0.15) is 0 Å². The smallest absolute Gasteiger partial charge is 0.314 e. The summed E-state index contributed by atoms with van der Waals surface area (Å²) in [6, 6.07) is 0. The lowest BCUT2D eigenvalue weighted by Crippen LogP contribution is -1.97. The van der Waals surface area contributed by atoms with E-state index in [9.17, 15) is 4.79 Å². The molecule has 0 amide bonds. The van der Waals surface area contributed by atoms with E-state index in [1.807, 2.05) is 11.8 Å². The summed E-state index contributed by atoms with van der Waals surface area (Å²) in [4.78, 5) is 10.3. The van der Waals surface area contributed by atoms with Crippen LogP contribution in [0.3, 0.4) is 0 Å². The van der Waals surface area contributed by atoms with E-state index in [-0.39, 0.29) is 5.75 Å². The van der Waals surface area contributed by atoms with Crippen molar-refractivity contribution in [3.05, 3.63) is 5.89 Å². The molecule has 0 aliphatic carbocycles. The molecule has 2 rings (SSSR count). The summed E-state index contributed by atoms with van der Waals surface area (Å²) in [5, 5.41) is 16.9. The zero-order valence-corrected chi connectivity index (χ0v) is 9.51. The van der Waals surface area contributed by atoms with E-state index >= 15 is 0 Å². The minimum absolute atomic E-state index is 0.0422. The molecule has 0 saturated carbocycles. The van der Waals surface area contributed by atoms with Gasteiger partial charge in [0.15, 0.2) is 0 Å². The first kappa shape index (κ1) is 10.8. The van der Waals surface area contributed by atoms with Crippen LogP contribution in [-0.2, 0) is 4.79 Å². The van der Waals surface area contributed by atoms with E-state index in [4.69, 9.17) is 9.52 Å². The molecule has 0 radical (unpaired) electrons. The molecule has 2 heterocycles. The highest BCUT2D eigenvalue weighted by molar-refractivity contribution is 8.00. The van der Waals surface area contributed by atoms with Crippen molar-refractivity contribution in [2.24, 2.45) is 0 Å². The van der Waals surface area contributed by atoms with Crippen molar-refractivity contribution in [3.8, 4) is 0 Å². The first-order valence-electron chi connectivity index (χ1n) is 4.55. The minimum Gasteiger partial charge on any atom is -0.481 e. The van der Waals surface area contributed by atoms with Crippen LogP contribution < -0.4 is 0 Å². The third-order valence-corrected chi connectivity index (χ3v) is 4.11. The van der Waals surface area contributed by atoms with Crippen molar-refractivity contribution in [3.63, 3.8) is 0 Å². The zero-order chi connectivity index (χ0) is 10.7. The summed E-state index contributed by atoms with van der Waals surface area (Å²) < 4.78 is 5.37. The Kier molecular flexibility index (Phi) is 3.53. The topological polar surface area (TPSA) is 76.2 Å². The molecule has 0 aromatic carbocycles. The molecule has 1 aromatic rings. The van der Waals surface area contributed by atoms with Gasteiger partial charge in [-0.15, -0.1) is 22.0 Å². The Morgan fingerprint density at radius 1 is 1.67 bits per heavy atom. The van der Waals surface area contributed by atoms with Crippen molar-refractivity contribution in [2.45, 2.75) is 23.3 Å². The number of carboxylic acid groups (broad SMARTS) is 1. The van der Waals surface area contributed by atoms with Gasteiger partial charge in [0.05, 0.1) is 5.25 Å². The third-order valence-electron chi connectivity index (χ3n) is 1.95. The molecule has 5 nitrogen and oxygen atoms in total. The Hall–Kier alpha value is -0.690. The summed E-state index contributed by atoms with van der Waals surface area (Å²) in [6.07, 6.45) is 2.24. The van der Waals surface area contributed by atoms with E-state index in [0.29, 0.717) is 16.4 Å². The lowest BCUT2D eigenvalue weighted by Gasteiger charge is -1.99. The molecule has 0 bridgehead atoms. The molecule has 1 aliphatic rings. The predicted octanol–water partition coefficient (Wildman–Crippen LogP) is 1.81. The quantitative estimate of drug-likeness (QED) is 0.812. The van der Waals surface area contributed by atoms with Crippen molar-refractivity contribution in [1.82, 2.24) is 10.2 Å². The molecule has 1 fully saturated rings. The van der Waals surface area contributed by atoms with Gasteiger partial charge < -0.3 is 9.52 Å². The van der Waals surface area contributed by atoms with Crippen molar-refractivity contribution in [1.29, 1.82) is 0 Å². The summed E-state index contributed by atoms with van der Waals surface area (Å²) in [7, 11) is 0. The number of thioether (sulfide) groups is 2. The van der Waals surface area contributed by atoms with Crippen LogP contribution in [0.15, 0.2) is 9.64 Å². The average Bonchev–Trinajstić information content (AvgIpc) is 2.85. The maximum atomic E-state index is 10.3. The van der Waals surface area contributed by atoms with Crippen LogP contribution in [0.4, 0.5) is 0 Å². The third kappa shape index (κ3) is 2.88. The van der Waals surface area contributed by atoms with Gasteiger partial charge in [0, 0.05) is 0 Å². The molecule has 1 aromatic heterocycles. The monoisotopic (exact) mass is 246 g/mol. The van der Waals surface area contributed by atoms with Crippen molar-refractivity contribution >= 4 is 29.5 Å². The highest BCUT2D eigenvalue weighted by Gasteiger charge is 2.23. The molecular formula is C8H10N2O3S2. The molecule has 0 spiro atoms. The Morgan fingerprint density at radius 2 is 2.53 bits per heavy atom. The average molecular weight is 246 g/mol. The van der Waals surface area contributed by atoms with Crippen LogP contribution in [0, 0.1) is 0 Å². The van der Waals surface area contributed by atoms with E-state index in [2.05, 4.69) is 10.2 Å². The number of hydrogen-bond donors (Lipinski definition) is 1. The van der Waals surface area contributed by atoms with E-state index < -0.39 is 5.97 Å². The van der Waals surface area contributed by atoms with Crippen LogP contribution in [0.2, 0.25) is 0 Å². The number of carboxylic acids is 1. The van der Waals surface area contributed by atoms with Crippen LogP contribution in [0.5, 0.6) is 0 Å². The molecule has 7 heteroatoms. The second-order valence-corrected chi connectivity index (χ2v) is 5.33. The van der Waals surface area contributed by atoms with Gasteiger partial charge in [-0.3, -0.25) is 4.79 Å². The number of hydrogen-bond acceptors (Lipinski definition) is 6. The molecule has 15 heavy (non-hydrogen) atoms. The minimum atomic E-state index is -0.880. The second-order valence-electron chi connectivity index (χ2n) is 3.09. The molecule has 1 unspecified atom stereocenters. The first-order valence-corrected chi connectivity index (χ1v) is 6.59. The normalized spacial score (nSPS) is 20.7. The molecule has 1 N–H and O–H groups in total. The van der Waals surface area contributed by atoms with E-state index in [1.165, 1.54) is 6.42 Å². The molecule has 1 aliphatic heterocycles. The van der Waals surface area contributed by atoms with Crippen molar-refractivity contribution < 1.29 is 14.3 Å². The standard InChI is InChI=1S/C8H10N2O3S2/c11-6(12)4-15-8-10-9-7(13-8)5-2-1-3-14-5/h5H,1-4H2,(H,11,12). The maximum Gasteiger partial charge on any atom is 0.314 e. The fourth-order valence-electron chi connectivity index (χ4n) is 1.30. The SMILES string of the molecule is O=C(O)CSc1nnc(C2CCCS2)o1. The predicted molar refractivity (Wildman–Crippen MR) is 57.1 cm³/mol. The summed E-state index contributed by atoms with van der Waals surface area (Å²) in [5.41, 5.74) is 0. The Labute approximate surface area is 95.0 Å². The van der Waals surface area contributed by atoms with E-state index in [0.717, 1.165) is 23.9 Å². The van der Waals surface area contributed by atoms with Crippen molar-refractivity contribution in [2.75, 3.05) is 11.5 Å². The van der Waals surface area contributed by atoms with Gasteiger partial charge in [-0.05, 0) is 18.6 Å². The largest absolute Gasteiger partial charge is 0.481 e. The van der Waals surface area contributed by atoms with Gasteiger partial charge in [-0.25, -0.2) is 0 Å². The summed E-state index contributed by atoms with van der Waals surface area (Å²) in [6.45, 7) is 0. The second kappa shape index (κ2) is 4.89. The molecule has 1 saturated heterocycles. The number of rotatable bonds is 4. The lowest BCUT2D eigenvalue weighted by atomic mass is 10.2. The Bertz CT molecular complexity index is 349. The number of aromatic nitrogens is 2. The summed E-state index contributed by atoms with van der Waals surface area (Å²) in [5.74, 6) is 0.838. The Balaban J connectivity index is 1.94. The zero-order valence-electron chi connectivity index (χ0n) is 7.88. The maximum absolute atomic E-state index is 10.3. The number of aliphatic carboxylic acids is 1. The van der Waals surface area contributed by atoms with Crippen LogP contribution in [0.1, 0.15) is 24.0 Å². The molecule has 1 atom stereocenters. The first-order chi connectivity index (χ1) is 7.25. The molecule has 82 valence electrons. The van der Waals surface area contributed by atoms with Gasteiger partial charge in [-0.1, -0.05) is 11.8 Å². The number of carbonyl (C=O) groups is 1. The van der Waals surface area contributed by atoms with Gasteiger partial charge in [0.25, 0.3) is 5.22 Å². The lowest BCUT2D eigenvalue weighted by molar-refractivity contribution is -0.133. The van der Waals surface area contributed by atoms with Crippen LogP contribution in [-0.4, -0.2) is 32.8 Å². The highest BCUT2D eigenvalue weighted by Crippen LogP contribution is 2.39. The van der Waals surface area contributed by atoms with Gasteiger partial charge in [0.1, 0.15) is 5.75 Å². The number of nitrogens with zero attached hydrogens (tertiary/aromatic N) is 2. The fourth-order valence-corrected chi connectivity index (χ4v) is 2.98. The Morgan fingerprint density at radius 3 is 3.20 bits per heavy atom. The van der Waals surface area contributed by atoms with Crippen LogP contribution in [0.25, 0.3) is 0 Å². The van der Waals surface area contributed by atoms with E-state index in [1.54, 1.807) is 0 Å². The van der Waals surface area contributed by atoms with Gasteiger partial charge in [0.2, 0.25) is 5.89 Å². The highest BCUT2D eigenvalue weighted by atomic mass is 32.2.